The SMILES string of the molecule is CC(C)(C)CC(C)(C)C(=O)Oc1cc(Cl)ccc1Oc1ccc(Cl)cc1Cl. The summed E-state index contributed by atoms with van der Waals surface area (Å²) < 4.78 is 11.5. The van der Waals surface area contributed by atoms with Crippen LogP contribution in [0.4, 0.5) is 0 Å². The highest BCUT2D eigenvalue weighted by atomic mass is 35.5. The molecule has 0 radical (unpaired) electrons. The van der Waals surface area contributed by atoms with E-state index in [1.165, 1.54) is 0 Å². The van der Waals surface area contributed by atoms with E-state index in [9.17, 15) is 4.79 Å². The molecule has 146 valence electrons. The van der Waals surface area contributed by atoms with Crippen molar-refractivity contribution < 1.29 is 14.3 Å². The van der Waals surface area contributed by atoms with Crippen LogP contribution in [0.1, 0.15) is 41.0 Å². The van der Waals surface area contributed by atoms with Crippen LogP contribution in [-0.2, 0) is 4.79 Å². The second-order valence-electron chi connectivity index (χ2n) is 8.28. The number of carbonyl (C=O) groups is 1. The van der Waals surface area contributed by atoms with E-state index in [0.717, 1.165) is 0 Å². The van der Waals surface area contributed by atoms with Crippen molar-refractivity contribution in [3.05, 3.63) is 51.5 Å². The molecule has 0 aliphatic heterocycles. The van der Waals surface area contributed by atoms with Gasteiger partial charge >= 0.3 is 5.97 Å². The van der Waals surface area contributed by atoms with E-state index < -0.39 is 5.41 Å². The van der Waals surface area contributed by atoms with E-state index in [0.29, 0.717) is 33.0 Å². The molecule has 3 nitrogen and oxygen atoms in total. The molecule has 27 heavy (non-hydrogen) atoms. The van der Waals surface area contributed by atoms with Gasteiger partial charge in [-0.15, -0.1) is 0 Å². The predicted octanol–water partition coefficient (Wildman–Crippen LogP) is 7.81. The van der Waals surface area contributed by atoms with Crippen molar-refractivity contribution in [1.29, 1.82) is 0 Å². The second kappa shape index (κ2) is 8.30. The Morgan fingerprint density at radius 1 is 0.852 bits per heavy atom. The summed E-state index contributed by atoms with van der Waals surface area (Å²) >= 11 is 18.2. The van der Waals surface area contributed by atoms with Crippen molar-refractivity contribution in [2.45, 2.75) is 41.0 Å². The maximum absolute atomic E-state index is 12.8. The van der Waals surface area contributed by atoms with Crippen LogP contribution < -0.4 is 9.47 Å². The first-order valence-corrected chi connectivity index (χ1v) is 9.65. The van der Waals surface area contributed by atoms with E-state index in [2.05, 4.69) is 20.8 Å². The number of ether oxygens (including phenoxy) is 2. The third-order valence-corrected chi connectivity index (χ3v) is 4.51. The molecule has 0 bridgehead atoms. The molecule has 0 atom stereocenters. The van der Waals surface area contributed by atoms with E-state index in [1.807, 2.05) is 13.8 Å². The maximum atomic E-state index is 12.8. The first-order valence-electron chi connectivity index (χ1n) is 8.52. The van der Waals surface area contributed by atoms with Gasteiger partial charge in [0.1, 0.15) is 5.75 Å². The lowest BCUT2D eigenvalue weighted by Crippen LogP contribution is -2.33. The van der Waals surface area contributed by atoms with Crippen molar-refractivity contribution in [1.82, 2.24) is 0 Å². The summed E-state index contributed by atoms with van der Waals surface area (Å²) in [6, 6.07) is 9.72. The molecule has 0 aliphatic rings. The van der Waals surface area contributed by atoms with Gasteiger partial charge in [0, 0.05) is 16.1 Å². The lowest BCUT2D eigenvalue weighted by Gasteiger charge is -2.30. The summed E-state index contributed by atoms with van der Waals surface area (Å²) in [4.78, 5) is 12.8. The Morgan fingerprint density at radius 3 is 1.96 bits per heavy atom. The Hall–Kier alpha value is -1.42. The van der Waals surface area contributed by atoms with Crippen LogP contribution in [0.3, 0.4) is 0 Å². The van der Waals surface area contributed by atoms with Crippen LogP contribution in [0, 0.1) is 10.8 Å². The molecule has 0 saturated heterocycles. The summed E-state index contributed by atoms with van der Waals surface area (Å²) in [7, 11) is 0. The number of esters is 1. The molecule has 0 fully saturated rings. The number of hydrogen-bond donors (Lipinski definition) is 0. The molecule has 0 unspecified atom stereocenters. The normalized spacial score (nSPS) is 12.0. The zero-order valence-corrected chi connectivity index (χ0v) is 18.3. The van der Waals surface area contributed by atoms with Crippen molar-refractivity contribution >= 4 is 40.8 Å². The molecule has 0 amide bonds. The van der Waals surface area contributed by atoms with Crippen LogP contribution >= 0.6 is 34.8 Å². The Labute approximate surface area is 175 Å². The third-order valence-electron chi connectivity index (χ3n) is 3.75. The molecule has 0 aliphatic carbocycles. The van der Waals surface area contributed by atoms with Gasteiger partial charge < -0.3 is 9.47 Å². The van der Waals surface area contributed by atoms with Gasteiger partial charge in [0.25, 0.3) is 0 Å². The number of halogens is 3. The van der Waals surface area contributed by atoms with Crippen LogP contribution in [0.2, 0.25) is 15.1 Å². The van der Waals surface area contributed by atoms with E-state index >= 15 is 0 Å². The first-order chi connectivity index (χ1) is 12.4. The Morgan fingerprint density at radius 2 is 1.41 bits per heavy atom. The van der Waals surface area contributed by atoms with Crippen LogP contribution in [0.15, 0.2) is 36.4 Å². The summed E-state index contributed by atoms with van der Waals surface area (Å²) in [6.07, 6.45) is 0.665. The van der Waals surface area contributed by atoms with Gasteiger partial charge in [0.05, 0.1) is 10.4 Å². The fourth-order valence-electron chi connectivity index (χ4n) is 2.96. The Balaban J connectivity index is 2.29. The smallest absolute Gasteiger partial charge is 0.317 e. The highest BCUT2D eigenvalue weighted by Gasteiger charge is 2.35. The minimum atomic E-state index is -0.671. The van der Waals surface area contributed by atoms with Crippen molar-refractivity contribution in [2.24, 2.45) is 10.8 Å². The van der Waals surface area contributed by atoms with Gasteiger partial charge in [-0.1, -0.05) is 55.6 Å². The van der Waals surface area contributed by atoms with Gasteiger partial charge in [-0.3, -0.25) is 4.79 Å². The quantitative estimate of drug-likeness (QED) is 0.359. The van der Waals surface area contributed by atoms with Crippen LogP contribution in [0.5, 0.6) is 17.2 Å². The minimum Gasteiger partial charge on any atom is -0.452 e. The molecule has 0 aromatic heterocycles. The van der Waals surface area contributed by atoms with Gasteiger partial charge in [0.15, 0.2) is 11.5 Å². The summed E-state index contributed by atoms with van der Waals surface area (Å²) in [5.41, 5.74) is -0.692. The Kier molecular flexibility index (Phi) is 6.72. The van der Waals surface area contributed by atoms with E-state index in [-0.39, 0.29) is 17.1 Å². The average Bonchev–Trinajstić information content (AvgIpc) is 2.50. The molecule has 0 spiro atoms. The largest absolute Gasteiger partial charge is 0.452 e. The molecule has 2 aromatic rings. The lowest BCUT2D eigenvalue weighted by molar-refractivity contribution is -0.145. The fourth-order valence-corrected chi connectivity index (χ4v) is 3.57. The third kappa shape index (κ3) is 6.31. The summed E-state index contributed by atoms with van der Waals surface area (Å²) in [5.74, 6) is 0.616. The second-order valence-corrected chi connectivity index (χ2v) is 9.56. The van der Waals surface area contributed by atoms with Crippen LogP contribution in [0.25, 0.3) is 0 Å². The highest BCUT2D eigenvalue weighted by molar-refractivity contribution is 6.35. The van der Waals surface area contributed by atoms with Crippen molar-refractivity contribution in [3.8, 4) is 17.2 Å². The fraction of sp³-hybridized carbons (Fsp3) is 0.381. The van der Waals surface area contributed by atoms with Gasteiger partial charge in [-0.05, 0) is 56.0 Å². The molecular formula is C21H23Cl3O3. The average molecular weight is 430 g/mol. The number of benzene rings is 2. The monoisotopic (exact) mass is 428 g/mol. The van der Waals surface area contributed by atoms with E-state index in [1.54, 1.807) is 36.4 Å². The molecule has 2 rings (SSSR count). The zero-order chi connectivity index (χ0) is 20.4. The molecular weight excluding hydrogens is 407 g/mol. The number of carbonyl (C=O) groups excluding carboxylic acids is 1. The van der Waals surface area contributed by atoms with Crippen molar-refractivity contribution in [2.75, 3.05) is 0 Å². The maximum Gasteiger partial charge on any atom is 0.317 e. The molecule has 0 saturated carbocycles. The standard InChI is InChI=1S/C21H23Cl3O3/c1-20(2,3)12-21(4,5)19(25)27-18-11-14(23)7-9-17(18)26-16-8-6-13(22)10-15(16)24/h6-11H,12H2,1-5H3. The van der Waals surface area contributed by atoms with Gasteiger partial charge in [0.2, 0.25) is 0 Å². The molecule has 6 heteroatoms. The molecule has 0 N–H and O–H groups in total. The highest BCUT2D eigenvalue weighted by Crippen LogP contribution is 2.40. The predicted molar refractivity (Wildman–Crippen MR) is 111 cm³/mol. The number of hydrogen-bond acceptors (Lipinski definition) is 3. The minimum absolute atomic E-state index is 0.0208. The molecule has 2 aromatic carbocycles. The zero-order valence-electron chi connectivity index (χ0n) is 16.0. The number of rotatable bonds is 5. The van der Waals surface area contributed by atoms with Gasteiger partial charge in [-0.2, -0.15) is 0 Å². The Bertz CT molecular complexity index is 839. The summed E-state index contributed by atoms with van der Waals surface area (Å²) in [6.45, 7) is 9.97. The lowest BCUT2D eigenvalue weighted by atomic mass is 9.76. The van der Waals surface area contributed by atoms with Crippen LogP contribution in [-0.4, -0.2) is 5.97 Å². The molecule has 0 heterocycles. The van der Waals surface area contributed by atoms with Crippen molar-refractivity contribution in [3.63, 3.8) is 0 Å². The van der Waals surface area contributed by atoms with E-state index in [4.69, 9.17) is 44.3 Å². The van der Waals surface area contributed by atoms with Gasteiger partial charge in [-0.25, -0.2) is 0 Å². The topological polar surface area (TPSA) is 35.5 Å². The first kappa shape index (κ1) is 21.9. The summed E-state index contributed by atoms with van der Waals surface area (Å²) in [5, 5.41) is 1.28.